The Hall–Kier alpha value is -2.59. The molecule has 37 heavy (non-hydrogen) atoms. The zero-order valence-corrected chi connectivity index (χ0v) is 25.3. The number of ether oxygens (including phenoxy) is 3. The molecule has 0 saturated carbocycles. The Balaban J connectivity index is 2.09. The van der Waals surface area contributed by atoms with E-state index < -0.39 is 31.7 Å². The molecule has 0 fully saturated rings. The minimum atomic E-state index is -1.74. The summed E-state index contributed by atoms with van der Waals surface area (Å²) in [4.78, 5) is 26.6. The summed E-state index contributed by atoms with van der Waals surface area (Å²) >= 11 is 0. The van der Waals surface area contributed by atoms with Gasteiger partial charge in [0.1, 0.15) is 17.0 Å². The van der Waals surface area contributed by atoms with Crippen LogP contribution in [-0.4, -0.2) is 50.1 Å². The summed E-state index contributed by atoms with van der Waals surface area (Å²) < 4.78 is 28.4. The van der Waals surface area contributed by atoms with Crippen molar-refractivity contribution >= 4 is 37.3 Å². The molecular formula is C27H44N2O7Si. The Bertz CT molecular complexity index is 1050. The van der Waals surface area contributed by atoms with Gasteiger partial charge in [0.2, 0.25) is 0 Å². The number of imide groups is 1. The van der Waals surface area contributed by atoms with Crippen LogP contribution in [0, 0.1) is 0 Å². The van der Waals surface area contributed by atoms with Crippen molar-refractivity contribution in [2.75, 3.05) is 18.1 Å². The Labute approximate surface area is 221 Å². The quantitative estimate of drug-likeness (QED) is 0.250. The van der Waals surface area contributed by atoms with E-state index in [1.165, 1.54) is 0 Å². The lowest BCUT2D eigenvalue weighted by molar-refractivity contribution is 0.0428. The van der Waals surface area contributed by atoms with Crippen LogP contribution in [0.1, 0.15) is 75.2 Å². The molecule has 1 aromatic carbocycles. The number of hydrogen-bond donors (Lipinski definition) is 0. The van der Waals surface area contributed by atoms with Crippen LogP contribution in [0.3, 0.4) is 0 Å². The van der Waals surface area contributed by atoms with Gasteiger partial charge in [0.05, 0.1) is 12.0 Å². The molecule has 0 N–H and O–H groups in total. The number of anilines is 1. The van der Waals surface area contributed by atoms with E-state index in [-0.39, 0.29) is 10.9 Å². The molecule has 1 heterocycles. The molecule has 0 aliphatic heterocycles. The van der Waals surface area contributed by atoms with Crippen LogP contribution in [0.4, 0.5) is 15.4 Å². The Morgan fingerprint density at radius 2 is 1.43 bits per heavy atom. The maximum atomic E-state index is 12.9. The van der Waals surface area contributed by atoms with E-state index >= 15 is 0 Å². The Morgan fingerprint density at radius 3 is 1.95 bits per heavy atom. The lowest BCUT2D eigenvalue weighted by Gasteiger charge is -2.36. The zero-order chi connectivity index (χ0) is 28.2. The minimum Gasteiger partial charge on any atom is -0.493 e. The van der Waals surface area contributed by atoms with E-state index in [9.17, 15) is 9.59 Å². The van der Waals surface area contributed by atoms with Crippen LogP contribution in [0.15, 0.2) is 22.7 Å². The first-order valence-electron chi connectivity index (χ1n) is 12.7. The van der Waals surface area contributed by atoms with Crippen LogP contribution in [0.25, 0.3) is 11.0 Å². The van der Waals surface area contributed by atoms with Gasteiger partial charge in [0.15, 0.2) is 19.7 Å². The van der Waals surface area contributed by atoms with Gasteiger partial charge in [-0.25, -0.2) is 9.59 Å². The largest absolute Gasteiger partial charge is 0.493 e. The third kappa shape index (κ3) is 9.03. The lowest BCUT2D eigenvalue weighted by Crippen LogP contribution is -2.44. The second-order valence-corrected chi connectivity index (χ2v) is 17.4. The first-order chi connectivity index (χ1) is 16.8. The molecule has 2 amide bonds. The van der Waals surface area contributed by atoms with Crippen molar-refractivity contribution in [2.24, 2.45) is 0 Å². The SMILES string of the molecule is CC(C)(C)OC(=O)N(C(=O)OC(C)(C)C)c1noc2cc(OCCCCO[Si](C)(C)C(C)(C)C)ccc12. The van der Waals surface area contributed by atoms with Gasteiger partial charge in [-0.2, -0.15) is 4.90 Å². The van der Waals surface area contributed by atoms with Crippen LogP contribution in [-0.2, 0) is 13.9 Å². The molecule has 208 valence electrons. The topological polar surface area (TPSA) is 100 Å². The van der Waals surface area contributed by atoms with E-state index in [1.807, 2.05) is 0 Å². The molecule has 0 saturated heterocycles. The summed E-state index contributed by atoms with van der Waals surface area (Å²) in [5, 5.41) is 4.63. The normalized spacial score (nSPS) is 12.9. The van der Waals surface area contributed by atoms with Crippen LogP contribution >= 0.6 is 0 Å². The van der Waals surface area contributed by atoms with E-state index in [0.717, 1.165) is 24.3 Å². The van der Waals surface area contributed by atoms with Gasteiger partial charge in [-0.1, -0.05) is 25.9 Å². The maximum Gasteiger partial charge on any atom is 0.425 e. The molecule has 2 aromatic rings. The average molecular weight is 537 g/mol. The second-order valence-electron chi connectivity index (χ2n) is 12.6. The summed E-state index contributed by atoms with van der Waals surface area (Å²) in [5.74, 6) is 0.592. The number of amides is 2. The number of nitrogens with zero attached hydrogens (tertiary/aromatic N) is 2. The van der Waals surface area contributed by atoms with Crippen molar-refractivity contribution in [2.45, 2.75) is 104 Å². The number of carbonyl (C=O) groups excluding carboxylic acids is 2. The van der Waals surface area contributed by atoms with Crippen molar-refractivity contribution in [1.29, 1.82) is 0 Å². The molecular weight excluding hydrogens is 492 g/mol. The summed E-state index contributed by atoms with van der Waals surface area (Å²) in [6, 6.07) is 5.12. The lowest BCUT2D eigenvalue weighted by atomic mass is 10.2. The third-order valence-electron chi connectivity index (χ3n) is 5.86. The van der Waals surface area contributed by atoms with Crippen LogP contribution in [0.5, 0.6) is 5.75 Å². The smallest absolute Gasteiger partial charge is 0.425 e. The Kier molecular flexibility index (Phi) is 9.46. The fourth-order valence-corrected chi connectivity index (χ4v) is 4.04. The fraction of sp³-hybridized carbons (Fsp3) is 0.667. The molecule has 0 bridgehead atoms. The van der Waals surface area contributed by atoms with Gasteiger partial charge < -0.3 is 23.2 Å². The maximum absolute atomic E-state index is 12.9. The van der Waals surface area contributed by atoms with Crippen molar-refractivity contribution in [3.8, 4) is 5.75 Å². The number of rotatable bonds is 8. The highest BCUT2D eigenvalue weighted by Gasteiger charge is 2.37. The minimum absolute atomic E-state index is 0.00664. The molecule has 9 nitrogen and oxygen atoms in total. The second kappa shape index (κ2) is 11.4. The predicted molar refractivity (Wildman–Crippen MR) is 147 cm³/mol. The predicted octanol–water partition coefficient (Wildman–Crippen LogP) is 7.69. The van der Waals surface area contributed by atoms with Gasteiger partial charge in [-0.3, -0.25) is 0 Å². The molecule has 0 radical (unpaired) electrons. The van der Waals surface area contributed by atoms with E-state index in [2.05, 4.69) is 39.0 Å². The summed E-state index contributed by atoms with van der Waals surface area (Å²) in [7, 11) is -1.74. The van der Waals surface area contributed by atoms with E-state index in [1.54, 1.807) is 59.7 Å². The van der Waals surface area contributed by atoms with Gasteiger partial charge >= 0.3 is 12.2 Å². The number of fused-ring (bicyclic) bond motifs is 1. The highest BCUT2D eigenvalue weighted by atomic mass is 28.4. The van der Waals surface area contributed by atoms with Crippen molar-refractivity contribution in [1.82, 2.24) is 5.16 Å². The number of benzene rings is 1. The van der Waals surface area contributed by atoms with Crippen molar-refractivity contribution in [3.63, 3.8) is 0 Å². The van der Waals surface area contributed by atoms with Gasteiger partial charge in [-0.15, -0.1) is 0 Å². The number of unbranched alkanes of at least 4 members (excludes halogenated alkanes) is 1. The standard InChI is InChI=1S/C27H44N2O7Si/c1-25(2,3)34-23(30)29(24(31)35-26(4,5)6)22-20-15-14-19(18-21(20)36-28-22)32-16-12-13-17-33-37(10,11)27(7,8)9/h14-15,18H,12-13,16-17H2,1-11H3. The number of aromatic nitrogens is 1. The average Bonchev–Trinajstić information content (AvgIpc) is 3.10. The molecule has 2 rings (SSSR count). The van der Waals surface area contributed by atoms with E-state index in [4.69, 9.17) is 23.2 Å². The summed E-state index contributed by atoms with van der Waals surface area (Å²) in [5.41, 5.74) is -1.28. The van der Waals surface area contributed by atoms with Gasteiger partial charge in [-0.05, 0) is 84.6 Å². The molecule has 0 aliphatic rings. The van der Waals surface area contributed by atoms with Crippen molar-refractivity contribution < 1.29 is 32.7 Å². The van der Waals surface area contributed by atoms with E-state index in [0.29, 0.717) is 23.3 Å². The molecule has 0 spiro atoms. The molecule has 1 aromatic heterocycles. The molecule has 0 unspecified atom stereocenters. The number of carbonyl (C=O) groups is 2. The van der Waals surface area contributed by atoms with Crippen LogP contribution in [0.2, 0.25) is 18.1 Å². The van der Waals surface area contributed by atoms with Gasteiger partial charge in [0, 0.05) is 12.7 Å². The number of hydrogen-bond acceptors (Lipinski definition) is 8. The first kappa shape index (κ1) is 30.6. The summed E-state index contributed by atoms with van der Waals surface area (Å²) in [6.45, 7) is 22.7. The fourth-order valence-electron chi connectivity index (χ4n) is 2.96. The van der Waals surface area contributed by atoms with Crippen molar-refractivity contribution in [3.05, 3.63) is 18.2 Å². The zero-order valence-electron chi connectivity index (χ0n) is 24.3. The third-order valence-corrected chi connectivity index (χ3v) is 10.4. The molecule has 0 atom stereocenters. The molecule has 0 aliphatic carbocycles. The van der Waals surface area contributed by atoms with Crippen LogP contribution < -0.4 is 9.64 Å². The Morgan fingerprint density at radius 1 is 0.892 bits per heavy atom. The first-order valence-corrected chi connectivity index (χ1v) is 15.6. The van der Waals surface area contributed by atoms with Gasteiger partial charge in [0.25, 0.3) is 0 Å². The highest BCUT2D eigenvalue weighted by Crippen LogP contribution is 2.36. The monoisotopic (exact) mass is 536 g/mol. The highest BCUT2D eigenvalue weighted by molar-refractivity contribution is 6.74. The summed E-state index contributed by atoms with van der Waals surface area (Å²) in [6.07, 6.45) is -0.0594. The molecule has 10 heteroatoms.